The lowest BCUT2D eigenvalue weighted by Gasteiger charge is -1.94. The van der Waals surface area contributed by atoms with E-state index in [4.69, 9.17) is 4.74 Å². The van der Waals surface area contributed by atoms with Gasteiger partial charge in [0, 0.05) is 12.0 Å². The molecule has 0 saturated carbocycles. The minimum atomic E-state index is -0.112. The molecule has 1 unspecified atom stereocenters. The van der Waals surface area contributed by atoms with Gasteiger partial charge in [0.25, 0.3) is 0 Å². The molecule has 0 amide bonds. The first-order valence-corrected chi connectivity index (χ1v) is 4.64. The van der Waals surface area contributed by atoms with Crippen LogP contribution in [0, 0.1) is 0 Å². The van der Waals surface area contributed by atoms with E-state index in [1.807, 2.05) is 13.0 Å². The zero-order valence-electron chi connectivity index (χ0n) is 7.80. The molecule has 12 heavy (non-hydrogen) atoms. The molecule has 1 fully saturated rings. The molecule has 0 aliphatic carbocycles. The number of ether oxygens (including phenoxy) is 1. The van der Waals surface area contributed by atoms with Crippen molar-refractivity contribution >= 4 is 5.97 Å². The molecule has 2 heteroatoms. The van der Waals surface area contributed by atoms with Crippen LogP contribution in [-0.4, -0.2) is 12.1 Å². The second-order valence-corrected chi connectivity index (χ2v) is 3.29. The minimum Gasteiger partial charge on any atom is -0.459 e. The number of rotatable bonds is 3. The summed E-state index contributed by atoms with van der Waals surface area (Å²) in [5.74, 6) is -0.112. The first kappa shape index (κ1) is 9.30. The van der Waals surface area contributed by atoms with Crippen molar-refractivity contribution in [3.8, 4) is 0 Å². The van der Waals surface area contributed by atoms with Crippen LogP contribution in [0.15, 0.2) is 11.6 Å². The lowest BCUT2D eigenvalue weighted by Crippen LogP contribution is -1.99. The predicted octanol–water partition coefficient (Wildman–Crippen LogP) is 2.44. The van der Waals surface area contributed by atoms with Crippen LogP contribution in [0.1, 0.15) is 39.5 Å². The summed E-state index contributed by atoms with van der Waals surface area (Å²) in [4.78, 5) is 11.1. The Balaban J connectivity index is 2.41. The molecule has 1 aliphatic heterocycles. The Morgan fingerprint density at radius 3 is 2.92 bits per heavy atom. The van der Waals surface area contributed by atoms with E-state index in [2.05, 4.69) is 6.92 Å². The monoisotopic (exact) mass is 168 g/mol. The zero-order valence-corrected chi connectivity index (χ0v) is 7.80. The molecule has 1 aliphatic rings. The van der Waals surface area contributed by atoms with Crippen LogP contribution >= 0.6 is 0 Å². The van der Waals surface area contributed by atoms with Crippen molar-refractivity contribution in [1.29, 1.82) is 0 Å². The van der Waals surface area contributed by atoms with Gasteiger partial charge in [-0.25, -0.2) is 4.79 Å². The summed E-state index contributed by atoms with van der Waals surface area (Å²) < 4.78 is 5.00. The number of esters is 1. The van der Waals surface area contributed by atoms with Crippen molar-refractivity contribution in [2.75, 3.05) is 0 Å². The van der Waals surface area contributed by atoms with E-state index in [-0.39, 0.29) is 12.1 Å². The Bertz CT molecular complexity index is 194. The summed E-state index contributed by atoms with van der Waals surface area (Å²) in [5.41, 5.74) is 0.871. The molecule has 2 nitrogen and oxygen atoms in total. The molecule has 68 valence electrons. The van der Waals surface area contributed by atoms with Gasteiger partial charge in [-0.2, -0.15) is 0 Å². The first-order valence-electron chi connectivity index (χ1n) is 4.64. The van der Waals surface area contributed by atoms with Gasteiger partial charge in [0.1, 0.15) is 6.10 Å². The third kappa shape index (κ3) is 2.36. The number of hydrogen-bond donors (Lipinski definition) is 0. The average Bonchev–Trinajstić information content (AvgIpc) is 2.31. The third-order valence-corrected chi connectivity index (χ3v) is 2.03. The largest absolute Gasteiger partial charge is 0.459 e. The highest BCUT2D eigenvalue weighted by atomic mass is 16.5. The molecule has 0 aromatic carbocycles. The van der Waals surface area contributed by atoms with Crippen molar-refractivity contribution in [3.05, 3.63) is 11.6 Å². The van der Waals surface area contributed by atoms with Gasteiger partial charge in [0.15, 0.2) is 0 Å². The fraction of sp³-hybridized carbons (Fsp3) is 0.700. The standard InChI is InChI=1S/C10H16O2/c1-3-4-5-6-9-7-8(2)12-10(9)11/h6,8H,3-5,7H2,1-2H3/b9-6-. The number of unbranched alkanes of at least 4 members (excludes halogenated alkanes) is 2. The van der Waals surface area contributed by atoms with Crippen molar-refractivity contribution in [2.24, 2.45) is 0 Å². The van der Waals surface area contributed by atoms with E-state index in [0.717, 1.165) is 24.8 Å². The van der Waals surface area contributed by atoms with Crippen LogP contribution in [0.2, 0.25) is 0 Å². The molecule has 0 N–H and O–H groups in total. The molecular weight excluding hydrogens is 152 g/mol. The second-order valence-electron chi connectivity index (χ2n) is 3.29. The second kappa shape index (κ2) is 4.29. The topological polar surface area (TPSA) is 26.3 Å². The van der Waals surface area contributed by atoms with Gasteiger partial charge in [-0.05, 0) is 13.3 Å². The smallest absolute Gasteiger partial charge is 0.334 e. The summed E-state index contributed by atoms with van der Waals surface area (Å²) in [6.07, 6.45) is 6.25. The van der Waals surface area contributed by atoms with Gasteiger partial charge >= 0.3 is 5.97 Å². The van der Waals surface area contributed by atoms with E-state index in [1.54, 1.807) is 0 Å². The summed E-state index contributed by atoms with van der Waals surface area (Å²) >= 11 is 0. The lowest BCUT2D eigenvalue weighted by atomic mass is 10.1. The van der Waals surface area contributed by atoms with Crippen LogP contribution in [0.4, 0.5) is 0 Å². The van der Waals surface area contributed by atoms with Crippen LogP contribution < -0.4 is 0 Å². The molecule has 1 rings (SSSR count). The summed E-state index contributed by atoms with van der Waals surface area (Å²) in [7, 11) is 0. The number of cyclic esters (lactones) is 1. The highest BCUT2D eigenvalue weighted by molar-refractivity contribution is 5.90. The lowest BCUT2D eigenvalue weighted by molar-refractivity contribution is -0.138. The molecular formula is C10H16O2. The number of allylic oxidation sites excluding steroid dienone is 1. The highest BCUT2D eigenvalue weighted by Gasteiger charge is 2.24. The van der Waals surface area contributed by atoms with Gasteiger partial charge in [0.2, 0.25) is 0 Å². The number of carbonyl (C=O) groups is 1. The van der Waals surface area contributed by atoms with Crippen molar-refractivity contribution in [3.63, 3.8) is 0 Å². The van der Waals surface area contributed by atoms with Crippen molar-refractivity contribution in [2.45, 2.75) is 45.6 Å². The van der Waals surface area contributed by atoms with Crippen molar-refractivity contribution < 1.29 is 9.53 Å². The van der Waals surface area contributed by atoms with Gasteiger partial charge in [-0.3, -0.25) is 0 Å². The maximum absolute atomic E-state index is 11.1. The maximum atomic E-state index is 11.1. The van der Waals surface area contributed by atoms with Crippen LogP contribution in [-0.2, 0) is 9.53 Å². The fourth-order valence-electron chi connectivity index (χ4n) is 1.34. The van der Waals surface area contributed by atoms with Gasteiger partial charge in [0.05, 0.1) is 0 Å². The van der Waals surface area contributed by atoms with Gasteiger partial charge in [-0.1, -0.05) is 25.8 Å². The maximum Gasteiger partial charge on any atom is 0.334 e. The molecule has 1 saturated heterocycles. The Morgan fingerprint density at radius 1 is 1.67 bits per heavy atom. The highest BCUT2D eigenvalue weighted by Crippen LogP contribution is 2.20. The van der Waals surface area contributed by atoms with Crippen molar-refractivity contribution in [1.82, 2.24) is 0 Å². The number of hydrogen-bond acceptors (Lipinski definition) is 2. The number of carbonyl (C=O) groups excluding carboxylic acids is 1. The third-order valence-electron chi connectivity index (χ3n) is 2.03. The fourth-order valence-corrected chi connectivity index (χ4v) is 1.34. The Hall–Kier alpha value is -0.790. The van der Waals surface area contributed by atoms with E-state index in [9.17, 15) is 4.79 Å². The molecule has 1 atom stereocenters. The summed E-state index contributed by atoms with van der Waals surface area (Å²) in [6.45, 7) is 4.08. The summed E-state index contributed by atoms with van der Waals surface area (Å²) in [6, 6.07) is 0. The Kier molecular flexibility index (Phi) is 3.32. The molecule has 0 bridgehead atoms. The van der Waals surface area contributed by atoms with E-state index < -0.39 is 0 Å². The Morgan fingerprint density at radius 2 is 2.42 bits per heavy atom. The molecule has 0 aromatic rings. The summed E-state index contributed by atoms with van der Waals surface area (Å²) in [5, 5.41) is 0. The minimum absolute atomic E-state index is 0.0883. The van der Waals surface area contributed by atoms with E-state index >= 15 is 0 Å². The van der Waals surface area contributed by atoms with Crippen LogP contribution in [0.25, 0.3) is 0 Å². The molecule has 0 spiro atoms. The quantitative estimate of drug-likeness (QED) is 0.367. The van der Waals surface area contributed by atoms with Crippen LogP contribution in [0.3, 0.4) is 0 Å². The average molecular weight is 168 g/mol. The van der Waals surface area contributed by atoms with E-state index in [1.165, 1.54) is 6.42 Å². The SMILES string of the molecule is CCCC/C=C1/CC(C)OC1=O. The molecule has 0 radical (unpaired) electrons. The molecule has 1 heterocycles. The van der Waals surface area contributed by atoms with E-state index in [0.29, 0.717) is 0 Å². The normalized spacial score (nSPS) is 26.3. The Labute approximate surface area is 73.6 Å². The van der Waals surface area contributed by atoms with Crippen LogP contribution in [0.5, 0.6) is 0 Å². The van der Waals surface area contributed by atoms with Gasteiger partial charge in [-0.15, -0.1) is 0 Å². The van der Waals surface area contributed by atoms with Gasteiger partial charge < -0.3 is 4.74 Å². The zero-order chi connectivity index (χ0) is 8.97. The first-order chi connectivity index (χ1) is 5.74. The predicted molar refractivity (Wildman–Crippen MR) is 47.8 cm³/mol. The molecule has 0 aromatic heterocycles.